The number of hydrogen-bond acceptors (Lipinski definition) is 3. The summed E-state index contributed by atoms with van der Waals surface area (Å²) in [6, 6.07) is 9.76. The highest BCUT2D eigenvalue weighted by Crippen LogP contribution is 2.34. The van der Waals surface area contributed by atoms with E-state index in [2.05, 4.69) is 15.7 Å². The Kier molecular flexibility index (Phi) is 4.20. The summed E-state index contributed by atoms with van der Waals surface area (Å²) in [6.07, 6.45) is 2.39. The molecular weight excluding hydrogens is 335 g/mol. The fourth-order valence-electron chi connectivity index (χ4n) is 3.26. The number of carbonyl (C=O) groups is 1. The number of anilines is 1. The van der Waals surface area contributed by atoms with Gasteiger partial charge in [0, 0.05) is 29.6 Å². The third-order valence-corrected chi connectivity index (χ3v) is 4.53. The van der Waals surface area contributed by atoms with Crippen LogP contribution in [0.1, 0.15) is 24.9 Å². The van der Waals surface area contributed by atoms with Gasteiger partial charge in [-0.2, -0.15) is 5.10 Å². The van der Waals surface area contributed by atoms with E-state index in [-0.39, 0.29) is 17.8 Å². The molecule has 0 unspecified atom stereocenters. The quantitative estimate of drug-likeness (QED) is 0.751. The third kappa shape index (κ3) is 2.96. The van der Waals surface area contributed by atoms with Gasteiger partial charge in [0.2, 0.25) is 0 Å². The maximum atomic E-state index is 13.9. The number of carbonyl (C=O) groups excluding carboxylic acids is 1. The molecule has 7 heteroatoms. The molecule has 1 aliphatic heterocycles. The van der Waals surface area contributed by atoms with Crippen LogP contribution in [0.4, 0.5) is 14.9 Å². The number of para-hydroxylation sites is 1. The Hall–Kier alpha value is -3.09. The zero-order valence-corrected chi connectivity index (χ0v) is 14.3. The van der Waals surface area contributed by atoms with Crippen LogP contribution in [0, 0.1) is 5.82 Å². The highest BCUT2D eigenvalue weighted by molar-refractivity contribution is 5.92. The summed E-state index contributed by atoms with van der Waals surface area (Å²) < 4.78 is 21.1. The zero-order chi connectivity index (χ0) is 18.1. The van der Waals surface area contributed by atoms with Gasteiger partial charge in [-0.3, -0.25) is 4.68 Å². The van der Waals surface area contributed by atoms with E-state index in [1.54, 1.807) is 18.3 Å². The van der Waals surface area contributed by atoms with Gasteiger partial charge in [-0.25, -0.2) is 9.18 Å². The number of nitrogens with one attached hydrogen (secondary N) is 2. The minimum Gasteiger partial charge on any atom is -0.490 e. The zero-order valence-electron chi connectivity index (χ0n) is 14.3. The second-order valence-corrected chi connectivity index (χ2v) is 6.18. The van der Waals surface area contributed by atoms with Crippen molar-refractivity contribution in [1.82, 2.24) is 15.1 Å². The highest BCUT2D eigenvalue weighted by atomic mass is 19.1. The average Bonchev–Trinajstić information content (AvgIpc) is 3.05. The molecule has 0 saturated heterocycles. The molecule has 2 aromatic carbocycles. The number of benzene rings is 2. The van der Waals surface area contributed by atoms with Crippen molar-refractivity contribution in [2.45, 2.75) is 25.9 Å². The Morgan fingerprint density at radius 1 is 1.38 bits per heavy atom. The number of urea groups is 1. The van der Waals surface area contributed by atoms with E-state index in [0.717, 1.165) is 17.4 Å². The molecule has 26 heavy (non-hydrogen) atoms. The van der Waals surface area contributed by atoms with Crippen LogP contribution in [0.5, 0.6) is 5.75 Å². The second-order valence-electron chi connectivity index (χ2n) is 6.18. The fourth-order valence-corrected chi connectivity index (χ4v) is 3.26. The molecule has 134 valence electrons. The van der Waals surface area contributed by atoms with E-state index < -0.39 is 5.82 Å². The number of aryl methyl sites for hydroxylation is 1. The minimum atomic E-state index is -0.410. The van der Waals surface area contributed by atoms with E-state index in [4.69, 9.17) is 4.74 Å². The number of halogens is 1. The molecule has 1 aromatic heterocycles. The summed E-state index contributed by atoms with van der Waals surface area (Å²) in [7, 11) is 0. The van der Waals surface area contributed by atoms with E-state index in [9.17, 15) is 9.18 Å². The minimum absolute atomic E-state index is 0.220. The molecule has 0 fully saturated rings. The van der Waals surface area contributed by atoms with Crippen LogP contribution in [0.2, 0.25) is 0 Å². The summed E-state index contributed by atoms with van der Waals surface area (Å²) in [5, 5.41) is 11.1. The Labute approximate surface area is 150 Å². The molecule has 4 rings (SSSR count). The van der Waals surface area contributed by atoms with Gasteiger partial charge in [-0.05, 0) is 31.2 Å². The van der Waals surface area contributed by atoms with Gasteiger partial charge < -0.3 is 15.4 Å². The topological polar surface area (TPSA) is 68.2 Å². The number of nitrogens with zero attached hydrogens (tertiary/aromatic N) is 2. The van der Waals surface area contributed by atoms with Gasteiger partial charge >= 0.3 is 6.03 Å². The lowest BCUT2D eigenvalue weighted by molar-refractivity contribution is 0.227. The lowest BCUT2D eigenvalue weighted by Crippen LogP contribution is -2.35. The van der Waals surface area contributed by atoms with Crippen molar-refractivity contribution >= 4 is 22.6 Å². The van der Waals surface area contributed by atoms with Crippen molar-refractivity contribution < 1.29 is 13.9 Å². The Morgan fingerprint density at radius 2 is 2.27 bits per heavy atom. The second kappa shape index (κ2) is 6.67. The normalized spacial score (nSPS) is 16.0. The molecule has 6 nitrogen and oxygen atoms in total. The molecule has 2 heterocycles. The molecule has 1 atom stereocenters. The molecule has 0 aliphatic carbocycles. The monoisotopic (exact) mass is 354 g/mol. The maximum absolute atomic E-state index is 13.9. The van der Waals surface area contributed by atoms with Gasteiger partial charge in [-0.1, -0.05) is 12.1 Å². The number of fused-ring (bicyclic) bond motifs is 2. The average molecular weight is 354 g/mol. The molecule has 0 bridgehead atoms. The highest BCUT2D eigenvalue weighted by Gasteiger charge is 2.25. The number of ether oxygens (including phenoxy) is 1. The third-order valence-electron chi connectivity index (χ3n) is 4.53. The largest absolute Gasteiger partial charge is 0.490 e. The van der Waals surface area contributed by atoms with Crippen molar-refractivity contribution in [3.63, 3.8) is 0 Å². The van der Waals surface area contributed by atoms with Crippen LogP contribution < -0.4 is 15.4 Å². The Bertz CT molecular complexity index is 969. The van der Waals surface area contributed by atoms with Crippen molar-refractivity contribution in [3.05, 3.63) is 54.0 Å². The van der Waals surface area contributed by atoms with Crippen LogP contribution >= 0.6 is 0 Å². The van der Waals surface area contributed by atoms with Gasteiger partial charge in [0.1, 0.15) is 0 Å². The van der Waals surface area contributed by atoms with Crippen LogP contribution in [-0.2, 0) is 6.54 Å². The van der Waals surface area contributed by atoms with E-state index >= 15 is 0 Å². The first-order chi connectivity index (χ1) is 12.7. The number of hydrogen-bond donors (Lipinski definition) is 2. The van der Waals surface area contributed by atoms with Crippen molar-refractivity contribution in [2.24, 2.45) is 0 Å². The Morgan fingerprint density at radius 3 is 3.12 bits per heavy atom. The predicted octanol–water partition coefficient (Wildman–Crippen LogP) is 3.84. The van der Waals surface area contributed by atoms with Crippen molar-refractivity contribution in [1.29, 1.82) is 0 Å². The van der Waals surface area contributed by atoms with E-state index in [1.807, 2.05) is 29.8 Å². The first-order valence-corrected chi connectivity index (χ1v) is 8.60. The fraction of sp³-hybridized carbons (Fsp3) is 0.263. The van der Waals surface area contributed by atoms with Crippen LogP contribution in [0.3, 0.4) is 0 Å². The lowest BCUT2D eigenvalue weighted by atomic mass is 10.0. The molecule has 0 saturated carbocycles. The lowest BCUT2D eigenvalue weighted by Gasteiger charge is -2.27. The van der Waals surface area contributed by atoms with Gasteiger partial charge in [0.25, 0.3) is 0 Å². The number of amides is 2. The summed E-state index contributed by atoms with van der Waals surface area (Å²) in [5.74, 6) is -0.190. The Balaban J connectivity index is 1.51. The van der Waals surface area contributed by atoms with Crippen LogP contribution in [-0.4, -0.2) is 22.4 Å². The smallest absolute Gasteiger partial charge is 0.319 e. The molecular formula is C19H19FN4O2. The molecule has 1 aliphatic rings. The van der Waals surface area contributed by atoms with Crippen LogP contribution in [0.25, 0.3) is 10.9 Å². The predicted molar refractivity (Wildman–Crippen MR) is 96.8 cm³/mol. The summed E-state index contributed by atoms with van der Waals surface area (Å²) in [5.41, 5.74) is 2.30. The standard InChI is InChI=1S/C19H19FN4O2/c1-2-24-17-10-13(7-6-12(17)11-21-24)22-19(25)23-16-8-9-26-18-14(16)4-3-5-15(18)20/h3-7,10-11,16H,2,8-9H2,1H3,(H2,22,23,25)/t16-/m0/s1. The van der Waals surface area contributed by atoms with Gasteiger partial charge in [0.05, 0.1) is 24.4 Å². The maximum Gasteiger partial charge on any atom is 0.319 e. The van der Waals surface area contributed by atoms with E-state index in [1.165, 1.54) is 6.07 Å². The van der Waals surface area contributed by atoms with E-state index in [0.29, 0.717) is 24.3 Å². The molecule has 0 radical (unpaired) electrons. The summed E-state index contributed by atoms with van der Waals surface area (Å²) in [4.78, 5) is 12.4. The summed E-state index contributed by atoms with van der Waals surface area (Å²) in [6.45, 7) is 3.13. The first kappa shape index (κ1) is 16.4. The SMILES string of the molecule is CCn1ncc2ccc(NC(=O)N[C@H]3CCOc4c(F)cccc43)cc21. The molecule has 0 spiro atoms. The van der Waals surface area contributed by atoms with Crippen LogP contribution in [0.15, 0.2) is 42.6 Å². The van der Waals surface area contributed by atoms with Gasteiger partial charge in [0.15, 0.2) is 11.6 Å². The van der Waals surface area contributed by atoms with Crippen molar-refractivity contribution in [2.75, 3.05) is 11.9 Å². The first-order valence-electron chi connectivity index (χ1n) is 8.60. The molecule has 2 amide bonds. The van der Waals surface area contributed by atoms with Crippen molar-refractivity contribution in [3.8, 4) is 5.75 Å². The molecule has 3 aromatic rings. The number of rotatable bonds is 3. The van der Waals surface area contributed by atoms with Gasteiger partial charge in [-0.15, -0.1) is 0 Å². The molecule has 2 N–H and O–H groups in total. The number of aromatic nitrogens is 2. The summed E-state index contributed by atoms with van der Waals surface area (Å²) >= 11 is 0.